The highest BCUT2D eigenvalue weighted by atomic mass is 32.2. The molecule has 0 spiro atoms. The zero-order valence-electron chi connectivity index (χ0n) is 15.3. The Morgan fingerprint density at radius 2 is 1.73 bits per heavy atom. The Morgan fingerprint density at radius 3 is 2.42 bits per heavy atom. The second-order valence-corrected chi connectivity index (χ2v) is 8.26. The summed E-state index contributed by atoms with van der Waals surface area (Å²) >= 11 is 1.88. The molecule has 0 saturated carbocycles. The highest BCUT2D eigenvalue weighted by Gasteiger charge is 2.13. The highest BCUT2D eigenvalue weighted by Crippen LogP contribution is 2.26. The zero-order valence-corrected chi connectivity index (χ0v) is 16.1. The number of hydrogen-bond donors (Lipinski definition) is 1. The van der Waals surface area contributed by atoms with E-state index >= 15 is 0 Å². The normalized spacial score (nSPS) is 11.3. The van der Waals surface area contributed by atoms with Gasteiger partial charge in [0, 0.05) is 17.1 Å². The van der Waals surface area contributed by atoms with E-state index in [0.29, 0.717) is 11.4 Å². The van der Waals surface area contributed by atoms with Crippen LogP contribution < -0.4 is 0 Å². The van der Waals surface area contributed by atoms with Gasteiger partial charge in [-0.3, -0.25) is 0 Å². The number of nitrogens with one attached hydrogen (secondary N) is 1. The molecule has 2 aromatic carbocycles. The molecule has 3 rings (SSSR count). The van der Waals surface area contributed by atoms with E-state index in [1.165, 1.54) is 16.7 Å². The quantitative estimate of drug-likeness (QED) is 0.688. The van der Waals surface area contributed by atoms with Gasteiger partial charge in [-0.2, -0.15) is 27.3 Å². The first kappa shape index (κ1) is 18.2. The molecular weight excluding hydrogens is 340 g/mol. The molecule has 0 bridgehead atoms. The molecule has 1 aromatic heterocycles. The van der Waals surface area contributed by atoms with Gasteiger partial charge in [-0.1, -0.05) is 63.2 Å². The van der Waals surface area contributed by atoms with Crippen molar-refractivity contribution in [2.75, 3.05) is 0 Å². The maximum atomic E-state index is 9.10. The third kappa shape index (κ3) is 4.33. The van der Waals surface area contributed by atoms with E-state index in [2.05, 4.69) is 78.6 Å². The molecule has 3 aromatic rings. The highest BCUT2D eigenvalue weighted by molar-refractivity contribution is 7.97. The number of hydrogen-bond acceptors (Lipinski definition) is 4. The standard InChI is InChI=1S/C21H22N4S/c1-21(2,3)18-9-7-15(8-10-18)13-26-14-16-5-4-6-17(11-16)20-19(12-22)23-25-24-20/h4-11H,13-14H2,1-3H3,(H,23,24,25). The smallest absolute Gasteiger partial charge is 0.190 e. The van der Waals surface area contributed by atoms with Gasteiger partial charge in [0.15, 0.2) is 5.69 Å². The Hall–Kier alpha value is -2.58. The first-order chi connectivity index (χ1) is 12.5. The van der Waals surface area contributed by atoms with Gasteiger partial charge >= 0.3 is 0 Å². The largest absolute Gasteiger partial charge is 0.196 e. The van der Waals surface area contributed by atoms with Crippen LogP contribution in [0.4, 0.5) is 0 Å². The molecule has 5 heteroatoms. The molecular formula is C21H22N4S. The zero-order chi connectivity index (χ0) is 18.6. The fourth-order valence-corrected chi connectivity index (χ4v) is 3.65. The van der Waals surface area contributed by atoms with Crippen LogP contribution in [-0.2, 0) is 16.9 Å². The lowest BCUT2D eigenvalue weighted by atomic mass is 9.87. The molecule has 0 fully saturated rings. The van der Waals surface area contributed by atoms with Crippen LogP contribution in [0.3, 0.4) is 0 Å². The van der Waals surface area contributed by atoms with Crippen molar-refractivity contribution in [1.29, 1.82) is 5.26 Å². The van der Waals surface area contributed by atoms with Crippen LogP contribution in [0.25, 0.3) is 11.3 Å². The third-order valence-electron chi connectivity index (χ3n) is 4.21. The van der Waals surface area contributed by atoms with Gasteiger partial charge in [0.1, 0.15) is 11.8 Å². The van der Waals surface area contributed by atoms with Crippen molar-refractivity contribution in [3.63, 3.8) is 0 Å². The van der Waals surface area contributed by atoms with Crippen LogP contribution in [0.2, 0.25) is 0 Å². The minimum Gasteiger partial charge on any atom is -0.196 e. The molecule has 0 aliphatic rings. The van der Waals surface area contributed by atoms with Gasteiger partial charge in [-0.05, 0) is 28.2 Å². The molecule has 0 aliphatic heterocycles. The molecule has 0 atom stereocenters. The van der Waals surface area contributed by atoms with Crippen molar-refractivity contribution >= 4 is 11.8 Å². The van der Waals surface area contributed by atoms with E-state index in [9.17, 15) is 0 Å². The number of thioether (sulfide) groups is 1. The van der Waals surface area contributed by atoms with E-state index in [0.717, 1.165) is 17.1 Å². The monoisotopic (exact) mass is 362 g/mol. The maximum Gasteiger partial charge on any atom is 0.190 e. The molecule has 1 N–H and O–H groups in total. The number of H-pyrrole nitrogens is 1. The van der Waals surface area contributed by atoms with Crippen molar-refractivity contribution in [1.82, 2.24) is 15.4 Å². The Bertz CT molecular complexity index is 914. The number of aromatic amines is 1. The van der Waals surface area contributed by atoms with Crippen LogP contribution in [-0.4, -0.2) is 15.4 Å². The summed E-state index contributed by atoms with van der Waals surface area (Å²) in [5.41, 5.74) is 5.96. The van der Waals surface area contributed by atoms with E-state index in [4.69, 9.17) is 5.26 Å². The summed E-state index contributed by atoms with van der Waals surface area (Å²) in [5.74, 6) is 1.89. The molecule has 1 heterocycles. The van der Waals surface area contributed by atoms with Gasteiger partial charge in [-0.25, -0.2) is 0 Å². The van der Waals surface area contributed by atoms with Crippen molar-refractivity contribution in [2.24, 2.45) is 0 Å². The van der Waals surface area contributed by atoms with Crippen molar-refractivity contribution in [3.05, 3.63) is 70.9 Å². The van der Waals surface area contributed by atoms with Crippen molar-refractivity contribution in [3.8, 4) is 17.3 Å². The summed E-state index contributed by atoms with van der Waals surface area (Å²) < 4.78 is 0. The van der Waals surface area contributed by atoms with E-state index in [-0.39, 0.29) is 5.41 Å². The minimum atomic E-state index is 0.190. The summed E-state index contributed by atoms with van der Waals surface area (Å²) in [6.07, 6.45) is 0. The Labute approximate surface area is 158 Å². The third-order valence-corrected chi connectivity index (χ3v) is 5.29. The minimum absolute atomic E-state index is 0.190. The van der Waals surface area contributed by atoms with Crippen LogP contribution in [0.5, 0.6) is 0 Å². The summed E-state index contributed by atoms with van der Waals surface area (Å²) in [6, 6.07) is 19.1. The van der Waals surface area contributed by atoms with Crippen LogP contribution in [0, 0.1) is 11.3 Å². The van der Waals surface area contributed by atoms with Crippen LogP contribution in [0.1, 0.15) is 43.2 Å². The molecule has 0 unspecified atom stereocenters. The van der Waals surface area contributed by atoms with E-state index < -0.39 is 0 Å². The van der Waals surface area contributed by atoms with Crippen molar-refractivity contribution in [2.45, 2.75) is 37.7 Å². The number of aromatic nitrogens is 3. The fourth-order valence-electron chi connectivity index (χ4n) is 2.71. The number of rotatable bonds is 5. The van der Waals surface area contributed by atoms with Crippen molar-refractivity contribution < 1.29 is 0 Å². The lowest BCUT2D eigenvalue weighted by molar-refractivity contribution is 0.590. The Morgan fingerprint density at radius 1 is 1.00 bits per heavy atom. The fraction of sp³-hybridized carbons (Fsp3) is 0.286. The summed E-state index contributed by atoms with van der Waals surface area (Å²) in [7, 11) is 0. The second-order valence-electron chi connectivity index (χ2n) is 7.27. The Balaban J connectivity index is 1.62. The van der Waals surface area contributed by atoms with Gasteiger partial charge in [0.25, 0.3) is 0 Å². The summed E-state index contributed by atoms with van der Waals surface area (Å²) in [4.78, 5) is 0. The lowest BCUT2D eigenvalue weighted by Gasteiger charge is -2.19. The average Bonchev–Trinajstić information content (AvgIpc) is 3.10. The second kappa shape index (κ2) is 7.76. The molecule has 0 aliphatic carbocycles. The van der Waals surface area contributed by atoms with Gasteiger partial charge in [0.05, 0.1) is 0 Å². The average molecular weight is 363 g/mol. The van der Waals surface area contributed by atoms with Crippen LogP contribution >= 0.6 is 11.8 Å². The molecule has 0 radical (unpaired) electrons. The number of nitrogens with zero attached hydrogens (tertiary/aromatic N) is 3. The molecule has 0 saturated heterocycles. The van der Waals surface area contributed by atoms with E-state index in [1.807, 2.05) is 23.9 Å². The number of benzene rings is 2. The maximum absolute atomic E-state index is 9.10. The predicted molar refractivity (Wildman–Crippen MR) is 107 cm³/mol. The lowest BCUT2D eigenvalue weighted by Crippen LogP contribution is -2.10. The molecule has 4 nitrogen and oxygen atoms in total. The predicted octanol–water partition coefficient (Wildman–Crippen LogP) is 5.07. The van der Waals surface area contributed by atoms with E-state index in [1.54, 1.807) is 0 Å². The summed E-state index contributed by atoms with van der Waals surface area (Å²) in [5, 5.41) is 19.6. The molecule has 132 valence electrons. The summed E-state index contributed by atoms with van der Waals surface area (Å²) in [6.45, 7) is 6.70. The number of nitriles is 1. The topological polar surface area (TPSA) is 65.4 Å². The Kier molecular flexibility index (Phi) is 5.43. The SMILES string of the molecule is CC(C)(C)c1ccc(CSCc2cccc(-c3n[nH]nc3C#N)c2)cc1. The molecule has 0 amide bonds. The van der Waals surface area contributed by atoms with Crippen LogP contribution in [0.15, 0.2) is 48.5 Å². The first-order valence-electron chi connectivity index (χ1n) is 8.55. The van der Waals surface area contributed by atoms with Gasteiger partial charge in [0.2, 0.25) is 0 Å². The molecule has 26 heavy (non-hydrogen) atoms. The first-order valence-corrected chi connectivity index (χ1v) is 9.70. The van der Waals surface area contributed by atoms with Gasteiger partial charge < -0.3 is 0 Å². The van der Waals surface area contributed by atoms with Gasteiger partial charge in [-0.15, -0.1) is 5.10 Å².